The number of hydroxylamine groups is 2. The minimum absolute atomic E-state index is 0.0526. The molecule has 7 rings (SSSR count). The molecule has 49 heavy (non-hydrogen) atoms. The van der Waals surface area contributed by atoms with Crippen LogP contribution in [-0.2, 0) is 16.1 Å². The molecule has 13 nitrogen and oxygen atoms in total. The number of hydrogen-bond acceptors (Lipinski definition) is 8. The highest BCUT2D eigenvalue weighted by molar-refractivity contribution is 5.91. The molecule has 3 saturated heterocycles. The lowest BCUT2D eigenvalue weighted by Gasteiger charge is -2.41. The fourth-order valence-electron chi connectivity index (χ4n) is 8.07. The second-order valence-corrected chi connectivity index (χ2v) is 14.0. The van der Waals surface area contributed by atoms with Gasteiger partial charge in [-0.3, -0.25) is 14.8 Å². The van der Waals surface area contributed by atoms with Gasteiger partial charge in [0.2, 0.25) is 5.91 Å². The smallest absolute Gasteiger partial charge is 0.351 e. The molecule has 3 aromatic rings. The van der Waals surface area contributed by atoms with Gasteiger partial charge >= 0.3 is 12.1 Å². The largest absolute Gasteiger partial charge is 0.426 e. The van der Waals surface area contributed by atoms with Crippen molar-refractivity contribution in [1.29, 1.82) is 0 Å². The van der Waals surface area contributed by atoms with Crippen LogP contribution in [0.25, 0.3) is 10.9 Å². The molecule has 1 aromatic heterocycles. The number of carbonyl (C=O) groups is 3. The van der Waals surface area contributed by atoms with Crippen LogP contribution in [-0.4, -0.2) is 125 Å². The zero-order chi connectivity index (χ0) is 33.9. The predicted molar refractivity (Wildman–Crippen MR) is 187 cm³/mol. The summed E-state index contributed by atoms with van der Waals surface area (Å²) in [7, 11) is 0. The van der Waals surface area contributed by atoms with Gasteiger partial charge in [0.05, 0.1) is 11.7 Å². The third kappa shape index (κ3) is 7.38. The number of likely N-dealkylation sites (tertiary alicyclic amines) is 1. The van der Waals surface area contributed by atoms with Crippen molar-refractivity contribution in [3.8, 4) is 0 Å². The standard InChI is InChI=1S/C36H49N9O4/c1-24-21-27(22-28-23-38-41-32(24)28)25(2)33(34(46)43-14-8-29(9-15-43)42-19-12-37-13-20-42)40-36(48)49-44-16-10-30(11-17-44)45-18-7-26-5-3-4-6-31(26)39-35(45)47/h3-6,21-23,25,29-30,33,37H,7-20H2,1-2H3,(H,38,41)(H,39,47)(H,40,48). The molecule has 0 saturated carbocycles. The van der Waals surface area contributed by atoms with Crippen LogP contribution in [0.2, 0.25) is 0 Å². The number of anilines is 1. The summed E-state index contributed by atoms with van der Waals surface area (Å²) in [6.45, 7) is 11.1. The van der Waals surface area contributed by atoms with Crippen LogP contribution in [0.5, 0.6) is 0 Å². The summed E-state index contributed by atoms with van der Waals surface area (Å²) < 4.78 is 0. The van der Waals surface area contributed by atoms with Crippen molar-refractivity contribution in [2.45, 2.75) is 70.0 Å². The first-order chi connectivity index (χ1) is 23.8. The lowest BCUT2D eigenvalue weighted by Crippen LogP contribution is -2.57. The summed E-state index contributed by atoms with van der Waals surface area (Å²) in [5.41, 5.74) is 4.96. The van der Waals surface area contributed by atoms with E-state index in [1.54, 1.807) is 11.3 Å². The van der Waals surface area contributed by atoms with Crippen molar-refractivity contribution in [2.75, 3.05) is 64.2 Å². The molecule has 4 amide bonds. The number of nitrogens with zero attached hydrogens (tertiary/aromatic N) is 5. The highest BCUT2D eigenvalue weighted by Gasteiger charge is 2.37. The molecule has 2 atom stereocenters. The third-order valence-corrected chi connectivity index (χ3v) is 11.0. The molecular weight excluding hydrogens is 622 g/mol. The van der Waals surface area contributed by atoms with E-state index in [1.807, 2.05) is 47.9 Å². The van der Waals surface area contributed by atoms with Gasteiger partial charge in [0.25, 0.3) is 0 Å². The zero-order valence-electron chi connectivity index (χ0n) is 28.6. The molecule has 0 aliphatic carbocycles. The van der Waals surface area contributed by atoms with E-state index in [9.17, 15) is 14.4 Å². The second-order valence-electron chi connectivity index (χ2n) is 14.0. The van der Waals surface area contributed by atoms with Gasteiger partial charge in [0, 0.05) is 88.0 Å². The molecule has 13 heteroatoms. The summed E-state index contributed by atoms with van der Waals surface area (Å²) in [4.78, 5) is 53.0. The quantitative estimate of drug-likeness (QED) is 0.300. The highest BCUT2D eigenvalue weighted by Crippen LogP contribution is 2.29. The molecular formula is C36H49N9O4. The summed E-state index contributed by atoms with van der Waals surface area (Å²) in [5, 5.41) is 19.3. The van der Waals surface area contributed by atoms with Crippen molar-refractivity contribution < 1.29 is 19.2 Å². The van der Waals surface area contributed by atoms with Gasteiger partial charge in [-0.05, 0) is 67.9 Å². The van der Waals surface area contributed by atoms with Gasteiger partial charge in [-0.15, -0.1) is 5.06 Å². The van der Waals surface area contributed by atoms with E-state index in [-0.39, 0.29) is 23.9 Å². The van der Waals surface area contributed by atoms with E-state index in [1.165, 1.54) is 0 Å². The minimum atomic E-state index is -0.799. The molecule has 2 aromatic carbocycles. The normalized spacial score (nSPS) is 21.5. The first kappa shape index (κ1) is 33.3. The van der Waals surface area contributed by atoms with E-state index < -0.39 is 12.1 Å². The van der Waals surface area contributed by atoms with Crippen molar-refractivity contribution in [3.05, 3.63) is 59.3 Å². The van der Waals surface area contributed by atoms with Crippen molar-refractivity contribution in [2.24, 2.45) is 0 Å². The molecule has 0 spiro atoms. The lowest BCUT2D eigenvalue weighted by atomic mass is 9.89. The molecule has 4 N–H and O–H groups in total. The maximum Gasteiger partial charge on any atom is 0.426 e. The number of fused-ring (bicyclic) bond motifs is 2. The van der Waals surface area contributed by atoms with Crippen LogP contribution in [0.1, 0.15) is 55.2 Å². The number of H-pyrrole nitrogens is 1. The molecule has 0 radical (unpaired) electrons. The van der Waals surface area contributed by atoms with E-state index >= 15 is 0 Å². The number of rotatable bonds is 7. The minimum Gasteiger partial charge on any atom is -0.351 e. The molecule has 3 fully saturated rings. The first-order valence-corrected chi connectivity index (χ1v) is 17.9. The molecule has 4 aliphatic heterocycles. The Morgan fingerprint density at radius 1 is 0.959 bits per heavy atom. The van der Waals surface area contributed by atoms with Crippen LogP contribution < -0.4 is 16.0 Å². The van der Waals surface area contributed by atoms with E-state index in [0.29, 0.717) is 51.6 Å². The zero-order valence-corrected chi connectivity index (χ0v) is 28.6. The Hall–Kier alpha value is -4.20. The maximum absolute atomic E-state index is 14.2. The summed E-state index contributed by atoms with van der Waals surface area (Å²) >= 11 is 0. The summed E-state index contributed by atoms with van der Waals surface area (Å²) in [5.74, 6) is -0.389. The SMILES string of the molecule is Cc1cc(C(C)C(NC(=O)ON2CCC(N3CCc4ccccc4NC3=O)CC2)C(=O)N2CCC(N3CCNCC3)CC2)cc2cn[nH]c12. The van der Waals surface area contributed by atoms with Crippen LogP contribution in [0, 0.1) is 6.92 Å². The fourth-order valence-corrected chi connectivity index (χ4v) is 8.07. The number of para-hydroxylation sites is 1. The average Bonchev–Trinajstić information content (AvgIpc) is 3.55. The first-order valence-electron chi connectivity index (χ1n) is 17.9. The van der Waals surface area contributed by atoms with Gasteiger partial charge in [-0.25, -0.2) is 9.59 Å². The van der Waals surface area contributed by atoms with Crippen LogP contribution in [0.4, 0.5) is 15.3 Å². The number of amides is 4. The molecule has 5 heterocycles. The van der Waals surface area contributed by atoms with E-state index in [2.05, 4.69) is 43.2 Å². The van der Waals surface area contributed by atoms with Crippen LogP contribution in [0.15, 0.2) is 42.6 Å². The number of aromatic nitrogens is 2. The van der Waals surface area contributed by atoms with Crippen molar-refractivity contribution in [3.63, 3.8) is 0 Å². The van der Waals surface area contributed by atoms with Crippen molar-refractivity contribution >= 4 is 34.6 Å². The number of piperazine rings is 1. The lowest BCUT2D eigenvalue weighted by molar-refractivity contribution is -0.138. The Labute approximate surface area is 287 Å². The van der Waals surface area contributed by atoms with Crippen LogP contribution in [0.3, 0.4) is 0 Å². The van der Waals surface area contributed by atoms with E-state index in [4.69, 9.17) is 4.84 Å². The molecule has 0 bridgehead atoms. The van der Waals surface area contributed by atoms with Gasteiger partial charge in [-0.2, -0.15) is 5.10 Å². The van der Waals surface area contributed by atoms with Gasteiger partial charge in [0.1, 0.15) is 6.04 Å². The maximum atomic E-state index is 14.2. The predicted octanol–water partition coefficient (Wildman–Crippen LogP) is 3.44. The Kier molecular flexibility index (Phi) is 10.0. The molecule has 4 aliphatic rings. The molecule has 2 unspecified atom stereocenters. The Morgan fingerprint density at radius 2 is 1.69 bits per heavy atom. The second kappa shape index (κ2) is 14.7. The number of aryl methyl sites for hydroxylation is 1. The molecule has 262 valence electrons. The van der Waals surface area contributed by atoms with E-state index in [0.717, 1.165) is 78.7 Å². The van der Waals surface area contributed by atoms with Gasteiger partial charge < -0.3 is 30.6 Å². The number of carbonyl (C=O) groups excluding carboxylic acids is 3. The Morgan fingerprint density at radius 3 is 2.47 bits per heavy atom. The highest BCUT2D eigenvalue weighted by atomic mass is 16.7. The van der Waals surface area contributed by atoms with Gasteiger partial charge in [0.15, 0.2) is 0 Å². The summed E-state index contributed by atoms with van der Waals surface area (Å²) in [6.07, 6.45) is 5.16. The Bertz CT molecular complexity index is 1640. The van der Waals surface area contributed by atoms with Crippen molar-refractivity contribution in [1.82, 2.24) is 40.6 Å². The average molecular weight is 672 g/mol. The van der Waals surface area contributed by atoms with Crippen LogP contribution >= 0.6 is 0 Å². The fraction of sp³-hybridized carbons (Fsp3) is 0.556. The topological polar surface area (TPSA) is 138 Å². The monoisotopic (exact) mass is 671 g/mol. The number of benzene rings is 2. The number of piperidine rings is 2. The number of nitrogens with one attached hydrogen (secondary N) is 4. The Balaban J connectivity index is 0.990. The number of aromatic amines is 1. The summed E-state index contributed by atoms with van der Waals surface area (Å²) in [6, 6.07) is 11.7. The van der Waals surface area contributed by atoms with Gasteiger partial charge in [-0.1, -0.05) is 31.2 Å². The number of urea groups is 1. The third-order valence-electron chi connectivity index (χ3n) is 11.0. The number of hydrogen-bond donors (Lipinski definition) is 4.